The molecule has 20 nitrogen and oxygen atoms in total. The Kier molecular flexibility index (Phi) is 17.5. The van der Waals surface area contributed by atoms with Gasteiger partial charge in [0.25, 0.3) is 11.7 Å². The third-order valence-electron chi connectivity index (χ3n) is 16.5. The van der Waals surface area contributed by atoms with E-state index in [0.717, 1.165) is 18.9 Å². The number of nitrogens with zero attached hydrogens (tertiary/aromatic N) is 4. The first-order valence-corrected chi connectivity index (χ1v) is 27.6. The summed E-state index contributed by atoms with van der Waals surface area (Å²) in [4.78, 5) is 57.1. The Morgan fingerprint density at radius 2 is 1.70 bits per heavy atom. The largest absolute Gasteiger partial charge is 0.508 e. The number of hydrogen-bond acceptors (Lipinski definition) is 18. The lowest BCUT2D eigenvalue weighted by Gasteiger charge is -2.38. The molecule has 2 fully saturated rings. The lowest BCUT2D eigenvalue weighted by molar-refractivity contribution is -0.160. The highest BCUT2D eigenvalue weighted by Gasteiger charge is 2.50. The van der Waals surface area contributed by atoms with Gasteiger partial charge in [-0.1, -0.05) is 66.3 Å². The topological polar surface area (TPSA) is 272 Å². The number of phenolic OH excluding ortho intramolecular Hbond substituents is 3. The number of hydrogen-bond donors (Lipinski definition) is 7. The summed E-state index contributed by atoms with van der Waals surface area (Å²) in [5.41, 5.74) is -0.952. The number of aliphatic hydroxyl groups is 3. The van der Waals surface area contributed by atoms with E-state index in [4.69, 9.17) is 28.8 Å². The van der Waals surface area contributed by atoms with Crippen molar-refractivity contribution in [1.82, 2.24) is 9.58 Å². The number of aromatic hydroxyl groups is 3. The molecule has 1 saturated heterocycles. The Hall–Kier alpha value is -7.62. The number of amides is 1. The lowest BCUT2D eigenvalue weighted by Crippen LogP contribution is -2.46. The van der Waals surface area contributed by atoms with E-state index in [1.165, 1.54) is 72.7 Å². The first-order chi connectivity index (χ1) is 38.7. The van der Waals surface area contributed by atoms with Crippen LogP contribution in [0.2, 0.25) is 0 Å². The number of carbonyl (C=O) groups excluding carboxylic acids is 3. The fraction of sp³-hybridized carbons (Fsp3) is 0.492. The van der Waals surface area contributed by atoms with Crippen molar-refractivity contribution in [3.8, 4) is 28.7 Å². The molecule has 1 saturated carbocycles. The van der Waals surface area contributed by atoms with Gasteiger partial charge in [0.2, 0.25) is 5.43 Å². The number of aliphatic hydroxyl groups excluding tert-OH is 3. The smallest absolute Gasteiger partial charge is 0.312 e. The SMILES string of the molecule is C=C(O)c1cn(C2CC2)c2c(OC)c(N3CCC(N(CC(C)C)/N=C\c4c5c(O)c6c(O)c(C)c7c(c6c4O)C(=O)[C@@](C)(O/C=C/[C@H](OC)[C@@H](C)[C@@H](OC(C)=O)[C@H](C)[C@H](O)[C@H](C)[C@@H](O)[C@@H](C)/C=C/C=C(/C)C(=O)N5)O7)C3)c(F)cc2c1=O. The van der Waals surface area contributed by atoms with E-state index in [1.54, 1.807) is 49.8 Å². The molecule has 5 bridgehead atoms. The number of esters is 1. The molecule has 1 unspecified atom stereocenters. The van der Waals surface area contributed by atoms with Gasteiger partial charge in [0.15, 0.2) is 17.3 Å². The number of Topliss-reactive ketones (excluding diaryl/α,β-unsaturated/α-hetero) is 1. The molecule has 9 rings (SSSR count). The number of hydrazone groups is 1. The second-order valence-electron chi connectivity index (χ2n) is 22.9. The maximum atomic E-state index is 16.6. The predicted octanol–water partition coefficient (Wildman–Crippen LogP) is 8.65. The minimum atomic E-state index is -2.15. The van der Waals surface area contributed by atoms with Crippen molar-refractivity contribution in [2.45, 2.75) is 131 Å². The summed E-state index contributed by atoms with van der Waals surface area (Å²) in [6.45, 7) is 20.7. The minimum Gasteiger partial charge on any atom is -0.508 e. The number of anilines is 2. The second kappa shape index (κ2) is 23.7. The van der Waals surface area contributed by atoms with Crippen LogP contribution in [0.4, 0.5) is 15.8 Å². The lowest BCUT2D eigenvalue weighted by atomic mass is 9.78. The van der Waals surface area contributed by atoms with Crippen LogP contribution >= 0.6 is 0 Å². The number of phenols is 3. The van der Waals surface area contributed by atoms with E-state index in [0.29, 0.717) is 25.0 Å². The van der Waals surface area contributed by atoms with E-state index in [-0.39, 0.29) is 80.0 Å². The molecule has 1 amide bonds. The third-order valence-corrected chi connectivity index (χ3v) is 16.5. The van der Waals surface area contributed by atoms with E-state index in [9.17, 15) is 49.8 Å². The first kappa shape index (κ1) is 60.5. The van der Waals surface area contributed by atoms with Gasteiger partial charge in [-0.15, -0.1) is 0 Å². The molecule has 3 aromatic carbocycles. The fourth-order valence-corrected chi connectivity index (χ4v) is 11.6. The number of rotatable bonds is 11. The number of methoxy groups -OCH3 is 2. The van der Waals surface area contributed by atoms with Crippen LogP contribution in [0.1, 0.15) is 115 Å². The number of ether oxygens (including phenoxy) is 5. The van der Waals surface area contributed by atoms with E-state index >= 15 is 4.39 Å². The van der Waals surface area contributed by atoms with Crippen molar-refractivity contribution in [2.75, 3.05) is 44.1 Å². The molecule has 10 atom stereocenters. The van der Waals surface area contributed by atoms with Crippen LogP contribution in [0.5, 0.6) is 28.7 Å². The highest BCUT2D eigenvalue weighted by Crippen LogP contribution is 2.55. The van der Waals surface area contributed by atoms with Crippen LogP contribution in [0.3, 0.4) is 0 Å². The Bertz CT molecular complexity index is 3400. The van der Waals surface area contributed by atoms with Gasteiger partial charge in [0.1, 0.15) is 34.8 Å². The molecule has 0 radical (unpaired) electrons. The fourth-order valence-electron chi connectivity index (χ4n) is 11.6. The normalized spacial score (nSPS) is 27.8. The molecule has 1 aliphatic carbocycles. The Morgan fingerprint density at radius 3 is 2.32 bits per heavy atom. The molecule has 1 aromatic heterocycles. The summed E-state index contributed by atoms with van der Waals surface area (Å²) < 4.78 is 48.3. The van der Waals surface area contributed by atoms with Gasteiger partial charge < -0.3 is 69.1 Å². The molecule has 21 heteroatoms. The number of pyridine rings is 1. The highest BCUT2D eigenvalue weighted by molar-refractivity contribution is 6.24. The molecule has 5 aliphatic rings. The summed E-state index contributed by atoms with van der Waals surface area (Å²) >= 11 is 0. The number of ketones is 1. The number of aromatic nitrogens is 1. The van der Waals surface area contributed by atoms with Crippen molar-refractivity contribution in [3.63, 3.8) is 0 Å². The molecule has 5 heterocycles. The van der Waals surface area contributed by atoms with Gasteiger partial charge in [-0.2, -0.15) is 5.10 Å². The average Bonchev–Trinajstić information content (AvgIpc) is 1.77. The van der Waals surface area contributed by atoms with Gasteiger partial charge in [-0.3, -0.25) is 24.2 Å². The standard InChI is InChI=1S/C61H76FN5O15/c1-28(2)25-67(38-19-21-65(26-38)49-42(62)23-39-48(58(49)79-13)66(37-17-18-37)27-41(35(9)68)53(39)73)63-24-40-47-55(75)45-44(54(40)74)46-57(34(8)52(45)72)82-61(11,59(46)76)80-22-20-43(78-12)31(5)56(81-36(10)69)33(7)51(71)32(6)50(70)29(3)15-14-16-30(4)60(77)64-47/h14-16,20,22-24,27-29,31-33,37-38,43,50-51,56,68,70-72,74-75H,9,17-19,21,25-26H2,1-8,10-13H3,(H,64,77)/b15-14+,22-20+,30-16-,63-24-/t29-,31+,32+,33+,38?,43-,50-,51+,56+,61-/m0/s1. The molecule has 4 aromatic rings. The van der Waals surface area contributed by atoms with E-state index < -0.39 is 117 Å². The van der Waals surface area contributed by atoms with Gasteiger partial charge in [0.05, 0.1) is 82.6 Å². The third kappa shape index (κ3) is 11.2. The molecular weight excluding hydrogens is 1060 g/mol. The maximum absolute atomic E-state index is 16.6. The van der Waals surface area contributed by atoms with E-state index in [1.807, 2.05) is 18.4 Å². The average molecular weight is 1140 g/mol. The van der Waals surface area contributed by atoms with Crippen molar-refractivity contribution in [2.24, 2.45) is 34.7 Å². The molecule has 4 aliphatic heterocycles. The minimum absolute atomic E-state index is 0.0111. The van der Waals surface area contributed by atoms with Crippen molar-refractivity contribution in [3.05, 3.63) is 93.3 Å². The molecule has 0 spiro atoms. The first-order valence-electron chi connectivity index (χ1n) is 27.6. The number of benzene rings is 3. The Morgan fingerprint density at radius 1 is 1.00 bits per heavy atom. The molecule has 442 valence electrons. The molecule has 82 heavy (non-hydrogen) atoms. The number of fused-ring (bicyclic) bond motifs is 15. The highest BCUT2D eigenvalue weighted by atomic mass is 19.1. The summed E-state index contributed by atoms with van der Waals surface area (Å²) in [6.07, 6.45) is 7.99. The van der Waals surface area contributed by atoms with Gasteiger partial charge >= 0.3 is 11.8 Å². The van der Waals surface area contributed by atoms with Crippen molar-refractivity contribution in [1.29, 1.82) is 0 Å². The molecule has 7 N–H and O–H groups in total. The number of carbonyl (C=O) groups is 3. The van der Waals surface area contributed by atoms with Crippen LogP contribution in [0.15, 0.2) is 64.9 Å². The van der Waals surface area contributed by atoms with Gasteiger partial charge in [0, 0.05) is 93.0 Å². The zero-order valence-electron chi connectivity index (χ0n) is 48.4. The quantitative estimate of drug-likeness (QED) is 0.0185. The maximum Gasteiger partial charge on any atom is 0.312 e. The van der Waals surface area contributed by atoms with Crippen LogP contribution in [-0.2, 0) is 23.8 Å². The van der Waals surface area contributed by atoms with Crippen LogP contribution in [0, 0.1) is 42.3 Å². The zero-order valence-corrected chi connectivity index (χ0v) is 48.4. The summed E-state index contributed by atoms with van der Waals surface area (Å²) in [7, 11) is 2.82. The number of allylic oxidation sites excluding steroid dienone is 2. The monoisotopic (exact) mass is 1140 g/mol. The van der Waals surface area contributed by atoms with E-state index in [2.05, 4.69) is 11.9 Å². The van der Waals surface area contributed by atoms with Crippen LogP contribution < -0.4 is 25.1 Å². The summed E-state index contributed by atoms with van der Waals surface area (Å²) in [5, 5.41) is 79.2. The number of halogens is 1. The van der Waals surface area contributed by atoms with Crippen molar-refractivity contribution < 1.29 is 73.1 Å². The summed E-state index contributed by atoms with van der Waals surface area (Å²) in [5.74, 6) is -10.3. The Labute approximate surface area is 475 Å². The zero-order chi connectivity index (χ0) is 60.1. The van der Waals surface area contributed by atoms with Crippen LogP contribution in [-0.4, -0.2) is 134 Å². The van der Waals surface area contributed by atoms with Gasteiger partial charge in [-0.25, -0.2) is 4.39 Å². The molecular formula is C61H76FN5O15. The van der Waals surface area contributed by atoms with Gasteiger partial charge in [-0.05, 0) is 51.2 Å². The summed E-state index contributed by atoms with van der Waals surface area (Å²) in [6, 6.07) is 0.723. The number of nitrogens with one attached hydrogen (secondary N) is 1. The Balaban J connectivity index is 1.24. The van der Waals surface area contributed by atoms with Crippen LogP contribution in [0.25, 0.3) is 27.4 Å². The predicted molar refractivity (Wildman–Crippen MR) is 308 cm³/mol. The van der Waals surface area contributed by atoms with Crippen molar-refractivity contribution >= 4 is 62.7 Å². The second-order valence-corrected chi connectivity index (χ2v) is 22.9.